The van der Waals surface area contributed by atoms with Gasteiger partial charge < -0.3 is 4.90 Å². The zero-order valence-corrected chi connectivity index (χ0v) is 12.8. The van der Waals surface area contributed by atoms with E-state index < -0.39 is 6.04 Å². The van der Waals surface area contributed by atoms with Gasteiger partial charge in [-0.1, -0.05) is 23.4 Å². The average Bonchev–Trinajstić information content (AvgIpc) is 3.14. The van der Waals surface area contributed by atoms with Crippen molar-refractivity contribution in [1.29, 1.82) is 0 Å². The van der Waals surface area contributed by atoms with Crippen LogP contribution in [0.4, 0.5) is 0 Å². The molecule has 2 aliphatic rings. The van der Waals surface area contributed by atoms with Gasteiger partial charge in [-0.05, 0) is 18.1 Å². The van der Waals surface area contributed by atoms with Crippen molar-refractivity contribution in [2.24, 2.45) is 0 Å². The third kappa shape index (κ3) is 2.45. The second-order valence-electron chi connectivity index (χ2n) is 5.98. The van der Waals surface area contributed by atoms with E-state index in [-0.39, 0.29) is 24.1 Å². The monoisotopic (exact) mass is 325 g/mol. The molecule has 8 heteroatoms. The summed E-state index contributed by atoms with van der Waals surface area (Å²) < 4.78 is 1.46. The summed E-state index contributed by atoms with van der Waals surface area (Å²) in [5, 5.41) is 10.3. The largest absolute Gasteiger partial charge is 0.328 e. The number of piperidine rings is 1. The lowest BCUT2D eigenvalue weighted by Gasteiger charge is -2.20. The molecule has 4 rings (SSSR count). The van der Waals surface area contributed by atoms with Crippen LogP contribution in [0.1, 0.15) is 40.5 Å². The van der Waals surface area contributed by atoms with Gasteiger partial charge in [-0.2, -0.15) is 0 Å². The molecule has 0 bridgehead atoms. The number of nitrogens with zero attached hydrogens (tertiary/aromatic N) is 4. The molecule has 0 saturated carbocycles. The van der Waals surface area contributed by atoms with Gasteiger partial charge in [0, 0.05) is 18.5 Å². The van der Waals surface area contributed by atoms with E-state index in [0.29, 0.717) is 25.2 Å². The van der Waals surface area contributed by atoms with Gasteiger partial charge in [0.15, 0.2) is 0 Å². The predicted molar refractivity (Wildman–Crippen MR) is 81.5 cm³/mol. The van der Waals surface area contributed by atoms with Gasteiger partial charge in [-0.15, -0.1) is 5.10 Å². The van der Waals surface area contributed by atoms with E-state index in [2.05, 4.69) is 15.6 Å². The van der Waals surface area contributed by atoms with Gasteiger partial charge in [0.2, 0.25) is 5.91 Å². The summed E-state index contributed by atoms with van der Waals surface area (Å²) in [5.41, 5.74) is 2.33. The fraction of sp³-hybridized carbons (Fsp3) is 0.312. The predicted octanol–water partition coefficient (Wildman–Crippen LogP) is 0.412. The van der Waals surface area contributed by atoms with Gasteiger partial charge in [-0.25, -0.2) is 4.68 Å². The Balaban J connectivity index is 1.48. The zero-order chi connectivity index (χ0) is 16.7. The SMILES string of the molecule is O=C1CCC(n2cc(CN3Cc4ccccc4C3=O)nn2)C(=O)N1. The number of hydrogen-bond acceptors (Lipinski definition) is 5. The van der Waals surface area contributed by atoms with E-state index in [1.54, 1.807) is 11.1 Å². The summed E-state index contributed by atoms with van der Waals surface area (Å²) in [6, 6.07) is 6.98. The summed E-state index contributed by atoms with van der Waals surface area (Å²) in [4.78, 5) is 37.1. The lowest BCUT2D eigenvalue weighted by molar-refractivity contribution is -0.136. The quantitative estimate of drug-likeness (QED) is 0.825. The summed E-state index contributed by atoms with van der Waals surface area (Å²) >= 11 is 0. The van der Waals surface area contributed by atoms with Gasteiger partial charge in [0.25, 0.3) is 11.8 Å². The number of rotatable bonds is 3. The van der Waals surface area contributed by atoms with Crippen LogP contribution in [0.25, 0.3) is 0 Å². The van der Waals surface area contributed by atoms with E-state index >= 15 is 0 Å². The Labute approximate surface area is 137 Å². The van der Waals surface area contributed by atoms with E-state index in [0.717, 1.165) is 11.1 Å². The van der Waals surface area contributed by atoms with Crippen LogP contribution in [0.5, 0.6) is 0 Å². The van der Waals surface area contributed by atoms with E-state index in [9.17, 15) is 14.4 Å². The Bertz CT molecular complexity index is 844. The van der Waals surface area contributed by atoms with Crippen molar-refractivity contribution in [3.63, 3.8) is 0 Å². The van der Waals surface area contributed by atoms with Gasteiger partial charge in [-0.3, -0.25) is 19.7 Å². The van der Waals surface area contributed by atoms with E-state index in [1.165, 1.54) is 4.68 Å². The van der Waals surface area contributed by atoms with Crippen LogP contribution in [0, 0.1) is 0 Å². The fourth-order valence-corrected chi connectivity index (χ4v) is 3.11. The van der Waals surface area contributed by atoms with Crippen LogP contribution in [-0.4, -0.2) is 37.6 Å². The molecule has 1 N–H and O–H groups in total. The summed E-state index contributed by atoms with van der Waals surface area (Å²) in [6.07, 6.45) is 2.35. The highest BCUT2D eigenvalue weighted by atomic mass is 16.2. The number of aromatic nitrogens is 3. The summed E-state index contributed by atoms with van der Waals surface area (Å²) in [5.74, 6) is -0.662. The number of nitrogens with one attached hydrogen (secondary N) is 1. The Kier molecular flexibility index (Phi) is 3.37. The molecule has 2 aliphatic heterocycles. The molecule has 24 heavy (non-hydrogen) atoms. The molecule has 1 saturated heterocycles. The van der Waals surface area contributed by atoms with Crippen molar-refractivity contribution in [2.75, 3.05) is 0 Å². The third-order valence-corrected chi connectivity index (χ3v) is 4.34. The first-order valence-electron chi connectivity index (χ1n) is 7.73. The highest BCUT2D eigenvalue weighted by molar-refractivity contribution is 5.99. The topological polar surface area (TPSA) is 97.2 Å². The molecule has 2 aromatic rings. The normalized spacial score (nSPS) is 20.2. The molecule has 122 valence electrons. The molecule has 1 fully saturated rings. The van der Waals surface area contributed by atoms with Gasteiger partial charge >= 0.3 is 0 Å². The molecule has 0 aliphatic carbocycles. The molecule has 0 radical (unpaired) electrons. The molecule has 1 aromatic heterocycles. The van der Waals surface area contributed by atoms with Crippen LogP contribution in [0.3, 0.4) is 0 Å². The number of benzene rings is 1. The van der Waals surface area contributed by atoms with Crippen molar-refractivity contribution >= 4 is 17.7 Å². The lowest BCUT2D eigenvalue weighted by atomic mass is 10.1. The number of imide groups is 1. The maximum absolute atomic E-state index is 12.4. The maximum Gasteiger partial charge on any atom is 0.254 e. The minimum atomic E-state index is -0.532. The minimum absolute atomic E-state index is 0.0267. The first-order chi connectivity index (χ1) is 11.6. The van der Waals surface area contributed by atoms with Crippen molar-refractivity contribution in [3.05, 3.63) is 47.3 Å². The third-order valence-electron chi connectivity index (χ3n) is 4.34. The molecular weight excluding hydrogens is 310 g/mol. The number of amides is 3. The van der Waals surface area contributed by atoms with Crippen LogP contribution in [0.2, 0.25) is 0 Å². The molecule has 1 unspecified atom stereocenters. The Morgan fingerprint density at radius 3 is 2.83 bits per heavy atom. The molecule has 3 heterocycles. The smallest absolute Gasteiger partial charge is 0.254 e. The molecule has 3 amide bonds. The number of hydrogen-bond donors (Lipinski definition) is 1. The van der Waals surface area contributed by atoms with Crippen molar-refractivity contribution in [2.45, 2.75) is 32.0 Å². The number of carbonyl (C=O) groups excluding carboxylic acids is 3. The van der Waals surface area contributed by atoms with Crippen LogP contribution >= 0.6 is 0 Å². The molecule has 0 spiro atoms. The number of carbonyl (C=O) groups is 3. The van der Waals surface area contributed by atoms with Crippen LogP contribution in [0.15, 0.2) is 30.5 Å². The van der Waals surface area contributed by atoms with Crippen LogP contribution < -0.4 is 5.32 Å². The lowest BCUT2D eigenvalue weighted by Crippen LogP contribution is -2.41. The first kappa shape index (κ1) is 14.6. The second kappa shape index (κ2) is 5.55. The van der Waals surface area contributed by atoms with Gasteiger partial charge in [0.05, 0.1) is 12.7 Å². The Hall–Kier alpha value is -3.03. The van der Waals surface area contributed by atoms with E-state index in [1.807, 2.05) is 24.3 Å². The van der Waals surface area contributed by atoms with E-state index in [4.69, 9.17) is 0 Å². The molecular formula is C16H15N5O3. The molecule has 1 atom stereocenters. The molecule has 1 aromatic carbocycles. The Morgan fingerprint density at radius 2 is 2.04 bits per heavy atom. The van der Waals surface area contributed by atoms with Gasteiger partial charge in [0.1, 0.15) is 11.7 Å². The van der Waals surface area contributed by atoms with Crippen molar-refractivity contribution in [3.8, 4) is 0 Å². The summed E-state index contributed by atoms with van der Waals surface area (Å²) in [6.45, 7) is 0.876. The van der Waals surface area contributed by atoms with Crippen molar-refractivity contribution in [1.82, 2.24) is 25.2 Å². The molecule has 8 nitrogen and oxygen atoms in total. The maximum atomic E-state index is 12.4. The first-order valence-corrected chi connectivity index (χ1v) is 7.73. The summed E-state index contributed by atoms with van der Waals surface area (Å²) in [7, 11) is 0. The highest BCUT2D eigenvalue weighted by Gasteiger charge is 2.30. The highest BCUT2D eigenvalue weighted by Crippen LogP contribution is 2.24. The second-order valence-corrected chi connectivity index (χ2v) is 5.98. The van der Waals surface area contributed by atoms with Crippen LogP contribution in [-0.2, 0) is 22.7 Å². The van der Waals surface area contributed by atoms with Crippen molar-refractivity contribution < 1.29 is 14.4 Å². The standard InChI is InChI=1S/C16H15N5O3/c22-14-6-5-13(15(23)17-14)21-9-11(18-19-21)8-20-7-10-3-1-2-4-12(10)16(20)24/h1-4,9,13H,5-8H2,(H,17,22,23). The zero-order valence-electron chi connectivity index (χ0n) is 12.8. The minimum Gasteiger partial charge on any atom is -0.328 e. The number of fused-ring (bicyclic) bond motifs is 1. The fourth-order valence-electron chi connectivity index (χ4n) is 3.11. The average molecular weight is 325 g/mol. The Morgan fingerprint density at radius 1 is 1.21 bits per heavy atom.